The van der Waals surface area contributed by atoms with Crippen molar-refractivity contribution in [2.45, 2.75) is 13.1 Å². The van der Waals surface area contributed by atoms with E-state index in [0.717, 1.165) is 49.7 Å². The molecule has 1 saturated heterocycles. The maximum absolute atomic E-state index is 12.5. The lowest BCUT2D eigenvalue weighted by atomic mass is 10.1. The second kappa shape index (κ2) is 8.82. The number of para-hydroxylation sites is 1. The molecule has 1 amide bonds. The van der Waals surface area contributed by atoms with Gasteiger partial charge in [0.1, 0.15) is 5.75 Å². The summed E-state index contributed by atoms with van der Waals surface area (Å²) in [4.78, 5) is 19.3. The maximum Gasteiger partial charge on any atom is 0.265 e. The summed E-state index contributed by atoms with van der Waals surface area (Å²) in [7, 11) is 0. The smallest absolute Gasteiger partial charge is 0.265 e. The van der Waals surface area contributed by atoms with Gasteiger partial charge in [0.05, 0.1) is 12.2 Å². The average molecular weight is 414 g/mol. The topological polar surface area (TPSA) is 36.0 Å². The van der Waals surface area contributed by atoms with Crippen molar-refractivity contribution in [3.63, 3.8) is 0 Å². The summed E-state index contributed by atoms with van der Waals surface area (Å²) in [6, 6.07) is 27.0. The number of ether oxygens (including phenoxy) is 1. The van der Waals surface area contributed by atoms with Gasteiger partial charge < -0.3 is 14.5 Å². The first kappa shape index (κ1) is 19.6. The fourth-order valence-corrected chi connectivity index (χ4v) is 4.35. The number of carbonyl (C=O) groups excluding carboxylic acids is 1. The molecule has 3 aromatic carbocycles. The number of piperazine rings is 1. The Morgan fingerprint density at radius 2 is 1.45 bits per heavy atom. The Morgan fingerprint density at radius 3 is 2.19 bits per heavy atom. The van der Waals surface area contributed by atoms with Gasteiger partial charge in [-0.3, -0.25) is 9.69 Å². The minimum Gasteiger partial charge on any atom is -0.482 e. The minimum absolute atomic E-state index is 0.00105. The number of carbonyl (C=O) groups is 1. The molecule has 5 nitrogen and oxygen atoms in total. The van der Waals surface area contributed by atoms with Crippen LogP contribution in [0.4, 0.5) is 11.4 Å². The Morgan fingerprint density at radius 1 is 0.742 bits per heavy atom. The third kappa shape index (κ3) is 4.42. The van der Waals surface area contributed by atoms with Crippen LogP contribution in [0.15, 0.2) is 78.9 Å². The van der Waals surface area contributed by atoms with Crippen LogP contribution < -0.4 is 14.5 Å². The van der Waals surface area contributed by atoms with Crippen LogP contribution >= 0.6 is 0 Å². The number of fused-ring (bicyclic) bond motifs is 1. The fourth-order valence-electron chi connectivity index (χ4n) is 4.35. The highest BCUT2D eigenvalue weighted by Gasteiger charge is 2.26. The van der Waals surface area contributed by atoms with Crippen LogP contribution in [0.5, 0.6) is 5.75 Å². The van der Waals surface area contributed by atoms with Gasteiger partial charge >= 0.3 is 0 Å². The van der Waals surface area contributed by atoms with E-state index in [-0.39, 0.29) is 12.5 Å². The minimum atomic E-state index is 0.00105. The van der Waals surface area contributed by atoms with Crippen molar-refractivity contribution in [1.82, 2.24) is 4.90 Å². The fraction of sp³-hybridized carbons (Fsp3) is 0.269. The van der Waals surface area contributed by atoms with Gasteiger partial charge in [-0.25, -0.2) is 0 Å². The molecule has 2 aliphatic heterocycles. The zero-order valence-corrected chi connectivity index (χ0v) is 17.6. The van der Waals surface area contributed by atoms with Crippen molar-refractivity contribution >= 4 is 17.3 Å². The Balaban J connectivity index is 1.25. The van der Waals surface area contributed by atoms with Crippen molar-refractivity contribution in [2.75, 3.05) is 42.6 Å². The van der Waals surface area contributed by atoms with Crippen LogP contribution in [0.3, 0.4) is 0 Å². The van der Waals surface area contributed by atoms with Crippen LogP contribution in [0.1, 0.15) is 11.1 Å². The summed E-state index contributed by atoms with van der Waals surface area (Å²) in [5, 5.41) is 0. The molecule has 0 aliphatic carbocycles. The van der Waals surface area contributed by atoms with Crippen molar-refractivity contribution in [3.05, 3.63) is 90.0 Å². The molecule has 0 unspecified atom stereocenters. The quantitative estimate of drug-likeness (QED) is 0.635. The summed E-state index contributed by atoms with van der Waals surface area (Å²) in [6.07, 6.45) is 0. The highest BCUT2D eigenvalue weighted by molar-refractivity contribution is 5.97. The number of hydrogen-bond donors (Lipinski definition) is 0. The first-order valence-electron chi connectivity index (χ1n) is 10.9. The molecule has 2 aliphatic rings. The van der Waals surface area contributed by atoms with Gasteiger partial charge in [0.2, 0.25) is 0 Å². The first-order valence-corrected chi connectivity index (χ1v) is 10.9. The third-order valence-electron chi connectivity index (χ3n) is 6.05. The van der Waals surface area contributed by atoms with E-state index in [2.05, 4.69) is 52.3 Å². The van der Waals surface area contributed by atoms with Crippen molar-refractivity contribution in [1.29, 1.82) is 0 Å². The van der Waals surface area contributed by atoms with E-state index in [1.807, 2.05) is 41.3 Å². The number of benzene rings is 3. The van der Waals surface area contributed by atoms with Gasteiger partial charge in [-0.1, -0.05) is 54.6 Å². The molecule has 0 spiro atoms. The lowest BCUT2D eigenvalue weighted by Gasteiger charge is -2.36. The molecule has 0 saturated carbocycles. The van der Waals surface area contributed by atoms with E-state index in [1.165, 1.54) is 11.3 Å². The zero-order chi connectivity index (χ0) is 21.0. The molecule has 3 aromatic rings. The molecule has 1 fully saturated rings. The normalized spacial score (nSPS) is 16.7. The van der Waals surface area contributed by atoms with Gasteiger partial charge in [-0.05, 0) is 35.4 Å². The molecule has 0 atom stereocenters. The Labute approximate surface area is 183 Å². The molecule has 31 heavy (non-hydrogen) atoms. The number of anilines is 2. The first-order chi connectivity index (χ1) is 15.3. The molecule has 2 heterocycles. The van der Waals surface area contributed by atoms with Gasteiger partial charge in [0.25, 0.3) is 5.91 Å². The highest BCUT2D eigenvalue weighted by Crippen LogP contribution is 2.34. The molecule has 0 bridgehead atoms. The summed E-state index contributed by atoms with van der Waals surface area (Å²) in [5.41, 5.74) is 4.50. The second-order valence-electron chi connectivity index (χ2n) is 8.15. The molecular formula is C26H27N3O2. The van der Waals surface area contributed by atoms with Crippen LogP contribution in [-0.2, 0) is 17.9 Å². The summed E-state index contributed by atoms with van der Waals surface area (Å²) >= 11 is 0. The second-order valence-corrected chi connectivity index (χ2v) is 8.15. The molecule has 5 heteroatoms. The van der Waals surface area contributed by atoms with Gasteiger partial charge in [-0.15, -0.1) is 0 Å². The van der Waals surface area contributed by atoms with Crippen LogP contribution in [0.2, 0.25) is 0 Å². The van der Waals surface area contributed by atoms with Crippen molar-refractivity contribution < 1.29 is 9.53 Å². The van der Waals surface area contributed by atoms with Gasteiger partial charge in [0.15, 0.2) is 6.61 Å². The van der Waals surface area contributed by atoms with E-state index in [1.54, 1.807) is 0 Å². The lowest BCUT2D eigenvalue weighted by molar-refractivity contribution is -0.121. The Bertz CT molecular complexity index is 1030. The van der Waals surface area contributed by atoms with E-state index in [4.69, 9.17) is 4.74 Å². The Hall–Kier alpha value is -3.31. The molecule has 0 aromatic heterocycles. The molecule has 0 radical (unpaired) electrons. The lowest BCUT2D eigenvalue weighted by Crippen LogP contribution is -2.46. The largest absolute Gasteiger partial charge is 0.482 e. The zero-order valence-electron chi connectivity index (χ0n) is 17.6. The molecule has 158 valence electrons. The summed E-state index contributed by atoms with van der Waals surface area (Å²) in [5.74, 6) is 0.803. The molecular weight excluding hydrogens is 386 g/mol. The van der Waals surface area contributed by atoms with E-state index < -0.39 is 0 Å². The Kier molecular flexibility index (Phi) is 5.59. The number of hydrogen-bond acceptors (Lipinski definition) is 4. The number of nitrogens with zero attached hydrogens (tertiary/aromatic N) is 3. The standard InChI is InChI=1S/C26H27N3O2/c30-26-20-31-25-17-22(11-12-24(25)29(26)19-21-7-3-1-4-8-21)18-27-13-15-28(16-14-27)23-9-5-2-6-10-23/h1-12,17H,13-16,18-20H2. The van der Waals surface area contributed by atoms with Crippen molar-refractivity contribution in [2.24, 2.45) is 0 Å². The SMILES string of the molecule is O=C1COc2cc(CN3CCN(c4ccccc4)CC3)ccc2N1Cc1ccccc1. The molecule has 5 rings (SSSR count). The van der Waals surface area contributed by atoms with Gasteiger partial charge in [0, 0.05) is 38.4 Å². The van der Waals surface area contributed by atoms with Crippen LogP contribution in [0, 0.1) is 0 Å². The van der Waals surface area contributed by atoms with E-state index in [0.29, 0.717) is 6.54 Å². The molecule has 0 N–H and O–H groups in total. The monoisotopic (exact) mass is 413 g/mol. The summed E-state index contributed by atoms with van der Waals surface area (Å²) < 4.78 is 5.79. The van der Waals surface area contributed by atoms with E-state index >= 15 is 0 Å². The van der Waals surface area contributed by atoms with Crippen molar-refractivity contribution in [3.8, 4) is 5.75 Å². The number of rotatable bonds is 5. The summed E-state index contributed by atoms with van der Waals surface area (Å²) in [6.45, 7) is 5.69. The average Bonchev–Trinajstić information content (AvgIpc) is 2.83. The van der Waals surface area contributed by atoms with E-state index in [9.17, 15) is 4.79 Å². The number of amides is 1. The van der Waals surface area contributed by atoms with Gasteiger partial charge in [-0.2, -0.15) is 0 Å². The maximum atomic E-state index is 12.5. The predicted molar refractivity (Wildman–Crippen MR) is 124 cm³/mol. The van der Waals surface area contributed by atoms with Crippen LogP contribution in [-0.4, -0.2) is 43.6 Å². The third-order valence-corrected chi connectivity index (χ3v) is 6.05. The predicted octanol–water partition coefficient (Wildman–Crippen LogP) is 3.93. The van der Waals surface area contributed by atoms with Crippen LogP contribution in [0.25, 0.3) is 0 Å². The highest BCUT2D eigenvalue weighted by atomic mass is 16.5.